The fourth-order valence-electron chi connectivity index (χ4n) is 2.00. The highest BCUT2D eigenvalue weighted by atomic mass is 32.2. The fraction of sp³-hybridized carbons (Fsp3) is 0.571. The zero-order valence-electron chi connectivity index (χ0n) is 12.3. The summed E-state index contributed by atoms with van der Waals surface area (Å²) in [6, 6.07) is 1.29. The van der Waals surface area contributed by atoms with Gasteiger partial charge in [0.25, 0.3) is 0 Å². The zero-order valence-corrected chi connectivity index (χ0v) is 13.1. The number of nitrogens with two attached hydrogens (primary N) is 1. The van der Waals surface area contributed by atoms with Gasteiger partial charge >= 0.3 is 0 Å². The molecule has 0 heterocycles. The minimum absolute atomic E-state index is 0.195. The number of anilines is 1. The molecule has 3 N–H and O–H groups in total. The first-order valence-corrected chi connectivity index (χ1v) is 8.54. The van der Waals surface area contributed by atoms with Gasteiger partial charge < -0.3 is 5.73 Å². The summed E-state index contributed by atoms with van der Waals surface area (Å²) in [5.41, 5.74) is 4.91. The Kier molecular flexibility index (Phi) is 6.54. The molecule has 0 bridgehead atoms. The highest BCUT2D eigenvalue weighted by Crippen LogP contribution is 2.21. The van der Waals surface area contributed by atoms with E-state index in [-0.39, 0.29) is 12.5 Å². The van der Waals surface area contributed by atoms with E-state index in [2.05, 4.69) is 11.6 Å². The van der Waals surface area contributed by atoms with E-state index >= 15 is 0 Å². The number of hydrogen-bond acceptors (Lipinski definition) is 3. The number of nitrogens with one attached hydrogen (secondary N) is 1. The number of unbranched alkanes of at least 4 members (excludes halogenated alkanes) is 1. The molecule has 7 heteroatoms. The van der Waals surface area contributed by atoms with Gasteiger partial charge in [0.2, 0.25) is 10.0 Å². The maximum atomic E-state index is 13.6. The van der Waals surface area contributed by atoms with Gasteiger partial charge in [0, 0.05) is 12.6 Å². The molecule has 120 valence electrons. The summed E-state index contributed by atoms with van der Waals surface area (Å²) in [5.74, 6) is -1.92. The molecule has 0 fully saturated rings. The average molecular weight is 320 g/mol. The lowest BCUT2D eigenvalue weighted by Crippen LogP contribution is -2.30. The number of halogens is 2. The first-order chi connectivity index (χ1) is 9.81. The topological polar surface area (TPSA) is 72.2 Å². The molecule has 0 saturated heterocycles. The van der Waals surface area contributed by atoms with Gasteiger partial charge in [0.15, 0.2) is 0 Å². The smallest absolute Gasteiger partial charge is 0.243 e. The Bertz CT molecular complexity index is 577. The summed E-state index contributed by atoms with van der Waals surface area (Å²) < 4.78 is 53.2. The quantitative estimate of drug-likeness (QED) is 0.723. The number of rotatable bonds is 8. The third-order valence-corrected chi connectivity index (χ3v) is 4.88. The van der Waals surface area contributed by atoms with Crippen molar-refractivity contribution in [2.45, 2.75) is 44.4 Å². The van der Waals surface area contributed by atoms with Crippen LogP contribution in [0.3, 0.4) is 0 Å². The van der Waals surface area contributed by atoms with E-state index in [1.54, 1.807) is 0 Å². The summed E-state index contributed by atoms with van der Waals surface area (Å²) in [6.45, 7) is 4.27. The van der Waals surface area contributed by atoms with Crippen LogP contribution in [-0.2, 0) is 10.0 Å². The van der Waals surface area contributed by atoms with E-state index in [4.69, 9.17) is 5.73 Å². The molecule has 0 amide bonds. The molecule has 1 atom stereocenters. The third-order valence-electron chi connectivity index (χ3n) is 3.45. The van der Waals surface area contributed by atoms with Crippen LogP contribution in [0.2, 0.25) is 0 Å². The lowest BCUT2D eigenvalue weighted by molar-refractivity contribution is 0.443. The van der Waals surface area contributed by atoms with E-state index in [0.717, 1.165) is 31.7 Å². The molecule has 0 spiro atoms. The SMILES string of the molecule is CCCCC(CC)CNS(=O)(=O)c1cc(N)c(F)cc1F. The van der Waals surface area contributed by atoms with Gasteiger partial charge in [0.05, 0.1) is 5.69 Å². The lowest BCUT2D eigenvalue weighted by Gasteiger charge is -2.16. The van der Waals surface area contributed by atoms with Gasteiger partial charge in [-0.3, -0.25) is 0 Å². The minimum Gasteiger partial charge on any atom is -0.396 e. The summed E-state index contributed by atoms with van der Waals surface area (Å²) >= 11 is 0. The first-order valence-electron chi connectivity index (χ1n) is 7.06. The second-order valence-electron chi connectivity index (χ2n) is 5.07. The van der Waals surface area contributed by atoms with Crippen molar-refractivity contribution >= 4 is 15.7 Å². The highest BCUT2D eigenvalue weighted by Gasteiger charge is 2.22. The molecule has 1 aromatic carbocycles. The van der Waals surface area contributed by atoms with Crippen molar-refractivity contribution in [2.24, 2.45) is 5.92 Å². The van der Waals surface area contributed by atoms with Crippen molar-refractivity contribution in [1.82, 2.24) is 4.72 Å². The summed E-state index contributed by atoms with van der Waals surface area (Å²) in [4.78, 5) is -0.619. The predicted octanol–water partition coefficient (Wildman–Crippen LogP) is 3.04. The van der Waals surface area contributed by atoms with E-state index in [9.17, 15) is 17.2 Å². The summed E-state index contributed by atoms with van der Waals surface area (Å²) in [5, 5.41) is 0. The van der Waals surface area contributed by atoms with Crippen LogP contribution >= 0.6 is 0 Å². The maximum Gasteiger partial charge on any atom is 0.243 e. The monoisotopic (exact) mass is 320 g/mol. The van der Waals surface area contributed by atoms with Crippen molar-refractivity contribution in [2.75, 3.05) is 12.3 Å². The Hall–Kier alpha value is -1.21. The predicted molar refractivity (Wildman–Crippen MR) is 79.3 cm³/mol. The van der Waals surface area contributed by atoms with Crippen molar-refractivity contribution in [1.29, 1.82) is 0 Å². The molecule has 0 aliphatic rings. The molecule has 21 heavy (non-hydrogen) atoms. The Morgan fingerprint density at radius 3 is 2.48 bits per heavy atom. The number of benzene rings is 1. The molecule has 0 saturated carbocycles. The molecule has 4 nitrogen and oxygen atoms in total. The first kappa shape index (κ1) is 17.8. The largest absolute Gasteiger partial charge is 0.396 e. The van der Waals surface area contributed by atoms with Crippen LogP contribution in [0.4, 0.5) is 14.5 Å². The van der Waals surface area contributed by atoms with Crippen LogP contribution in [0, 0.1) is 17.6 Å². The van der Waals surface area contributed by atoms with Gasteiger partial charge in [-0.1, -0.05) is 33.1 Å². The lowest BCUT2D eigenvalue weighted by atomic mass is 10.00. The van der Waals surface area contributed by atoms with Crippen molar-refractivity contribution in [3.05, 3.63) is 23.8 Å². The number of sulfonamides is 1. The summed E-state index contributed by atoms with van der Waals surface area (Å²) in [7, 11) is -4.03. The zero-order chi connectivity index (χ0) is 16.0. The Morgan fingerprint density at radius 1 is 1.24 bits per heavy atom. The molecule has 0 aliphatic heterocycles. The van der Waals surface area contributed by atoms with Crippen molar-refractivity contribution in [3.8, 4) is 0 Å². The molecule has 1 unspecified atom stereocenters. The van der Waals surface area contributed by atoms with Crippen molar-refractivity contribution < 1.29 is 17.2 Å². The van der Waals surface area contributed by atoms with Crippen LogP contribution in [0.15, 0.2) is 17.0 Å². The molecule has 0 aromatic heterocycles. The number of nitrogen functional groups attached to an aromatic ring is 1. The second-order valence-corrected chi connectivity index (χ2v) is 6.81. The van der Waals surface area contributed by atoms with Crippen molar-refractivity contribution in [3.63, 3.8) is 0 Å². The van der Waals surface area contributed by atoms with E-state index < -0.39 is 32.2 Å². The average Bonchev–Trinajstić information content (AvgIpc) is 2.43. The second kappa shape index (κ2) is 7.70. The molecule has 1 rings (SSSR count). The van der Waals surface area contributed by atoms with E-state index in [1.165, 1.54) is 0 Å². The van der Waals surface area contributed by atoms with Gasteiger partial charge in [0.1, 0.15) is 16.5 Å². The third kappa shape index (κ3) is 4.93. The van der Waals surface area contributed by atoms with Crippen LogP contribution in [-0.4, -0.2) is 15.0 Å². The molecule has 0 aliphatic carbocycles. The van der Waals surface area contributed by atoms with Crippen LogP contribution < -0.4 is 10.5 Å². The van der Waals surface area contributed by atoms with E-state index in [1.807, 2.05) is 6.92 Å². The van der Waals surface area contributed by atoms with Gasteiger partial charge in [-0.05, 0) is 18.4 Å². The Labute approximate surface area is 124 Å². The molecule has 1 aromatic rings. The normalized spacial score (nSPS) is 13.3. The fourth-order valence-corrected chi connectivity index (χ4v) is 3.21. The highest BCUT2D eigenvalue weighted by molar-refractivity contribution is 7.89. The maximum absolute atomic E-state index is 13.6. The standard InChI is InChI=1S/C14H22F2N2O2S/c1-3-5-6-10(4-2)9-18-21(19,20)14-8-13(17)11(15)7-12(14)16/h7-8,10,18H,3-6,9,17H2,1-2H3. The molecular weight excluding hydrogens is 298 g/mol. The summed E-state index contributed by atoms with van der Waals surface area (Å²) in [6.07, 6.45) is 3.78. The van der Waals surface area contributed by atoms with Crippen LogP contribution in [0.25, 0.3) is 0 Å². The molecular formula is C14H22F2N2O2S. The van der Waals surface area contributed by atoms with Crippen LogP contribution in [0.1, 0.15) is 39.5 Å². The van der Waals surface area contributed by atoms with E-state index in [0.29, 0.717) is 6.07 Å². The van der Waals surface area contributed by atoms with Crippen LogP contribution in [0.5, 0.6) is 0 Å². The Balaban J connectivity index is 2.84. The van der Waals surface area contributed by atoms with Gasteiger partial charge in [-0.2, -0.15) is 0 Å². The number of hydrogen-bond donors (Lipinski definition) is 2. The molecule has 0 radical (unpaired) electrons. The minimum atomic E-state index is -4.03. The Morgan fingerprint density at radius 2 is 1.90 bits per heavy atom. The van der Waals surface area contributed by atoms with Gasteiger partial charge in [-0.25, -0.2) is 21.9 Å². The van der Waals surface area contributed by atoms with Gasteiger partial charge in [-0.15, -0.1) is 0 Å².